The smallest absolute Gasteiger partial charge is 0.265 e. The summed E-state index contributed by atoms with van der Waals surface area (Å²) >= 11 is 6.79. The van der Waals surface area contributed by atoms with Crippen molar-refractivity contribution in [3.63, 3.8) is 0 Å². The maximum Gasteiger partial charge on any atom is 0.265 e. The van der Waals surface area contributed by atoms with Crippen molar-refractivity contribution in [3.8, 4) is 0 Å². The number of aromatic amines is 1. The van der Waals surface area contributed by atoms with Crippen molar-refractivity contribution in [3.05, 3.63) is 24.9 Å². The fourth-order valence-electron chi connectivity index (χ4n) is 1.76. The lowest BCUT2D eigenvalue weighted by Crippen LogP contribution is -2.33. The van der Waals surface area contributed by atoms with Crippen LogP contribution in [0.3, 0.4) is 0 Å². The number of halogens is 1. The van der Waals surface area contributed by atoms with Gasteiger partial charge in [-0.1, -0.05) is 0 Å². The van der Waals surface area contributed by atoms with Crippen LogP contribution in [0.5, 0.6) is 0 Å². The first-order valence-corrected chi connectivity index (χ1v) is 6.58. The SMILES string of the molecule is O=c1[nH]c(=S)n([C@@H]2O[C@H](CO)[C@@H](O)[C@H]2O)cc1I. The second-order valence-corrected chi connectivity index (χ2v) is 5.42. The second-order valence-electron chi connectivity index (χ2n) is 3.87. The van der Waals surface area contributed by atoms with Gasteiger partial charge in [-0.05, 0) is 34.8 Å². The van der Waals surface area contributed by atoms with Crippen molar-refractivity contribution >= 4 is 34.8 Å². The molecule has 0 aliphatic carbocycles. The fourth-order valence-corrected chi connectivity index (χ4v) is 2.44. The summed E-state index contributed by atoms with van der Waals surface area (Å²) in [5.41, 5.74) is -0.330. The Kier molecular flexibility index (Phi) is 4.18. The third-order valence-corrected chi connectivity index (χ3v) is 3.80. The number of nitrogens with zero attached hydrogens (tertiary/aromatic N) is 1. The van der Waals surface area contributed by atoms with E-state index < -0.39 is 31.1 Å². The van der Waals surface area contributed by atoms with E-state index >= 15 is 0 Å². The largest absolute Gasteiger partial charge is 0.394 e. The summed E-state index contributed by atoms with van der Waals surface area (Å²) in [6.45, 7) is -0.414. The second kappa shape index (κ2) is 5.35. The molecule has 9 heteroatoms. The average Bonchev–Trinajstić information content (AvgIpc) is 2.61. The average molecular weight is 386 g/mol. The van der Waals surface area contributed by atoms with E-state index in [0.29, 0.717) is 3.57 Å². The molecule has 1 aromatic heterocycles. The number of ether oxygens (including phenoxy) is 1. The number of nitrogens with one attached hydrogen (secondary N) is 1. The molecule has 18 heavy (non-hydrogen) atoms. The van der Waals surface area contributed by atoms with E-state index in [4.69, 9.17) is 22.1 Å². The highest BCUT2D eigenvalue weighted by molar-refractivity contribution is 14.1. The van der Waals surface area contributed by atoms with Crippen molar-refractivity contribution < 1.29 is 20.1 Å². The monoisotopic (exact) mass is 386 g/mol. The van der Waals surface area contributed by atoms with Crippen LogP contribution in [0.2, 0.25) is 0 Å². The molecule has 1 aliphatic heterocycles. The van der Waals surface area contributed by atoms with Gasteiger partial charge in [0.2, 0.25) is 0 Å². The quantitative estimate of drug-likeness (QED) is 0.389. The van der Waals surface area contributed by atoms with Gasteiger partial charge >= 0.3 is 0 Å². The highest BCUT2D eigenvalue weighted by atomic mass is 127. The van der Waals surface area contributed by atoms with Crippen molar-refractivity contribution in [1.82, 2.24) is 9.55 Å². The zero-order valence-electron chi connectivity index (χ0n) is 8.99. The van der Waals surface area contributed by atoms with Crippen LogP contribution in [0, 0.1) is 8.34 Å². The Morgan fingerprint density at radius 1 is 1.50 bits per heavy atom. The van der Waals surface area contributed by atoms with Gasteiger partial charge in [0.05, 0.1) is 10.2 Å². The molecule has 0 radical (unpaired) electrons. The van der Waals surface area contributed by atoms with Gasteiger partial charge in [0.25, 0.3) is 5.56 Å². The first-order chi connectivity index (χ1) is 8.45. The van der Waals surface area contributed by atoms with E-state index in [1.54, 1.807) is 0 Å². The molecule has 1 aromatic rings. The first-order valence-electron chi connectivity index (χ1n) is 5.09. The van der Waals surface area contributed by atoms with Crippen LogP contribution < -0.4 is 5.56 Å². The number of aliphatic hydroxyl groups excluding tert-OH is 3. The van der Waals surface area contributed by atoms with Gasteiger partial charge in [-0.2, -0.15) is 0 Å². The Hall–Kier alpha value is -0.330. The Morgan fingerprint density at radius 2 is 2.17 bits per heavy atom. The molecule has 0 aromatic carbocycles. The minimum absolute atomic E-state index is 0.0789. The van der Waals surface area contributed by atoms with E-state index in [1.807, 2.05) is 22.6 Å². The van der Waals surface area contributed by atoms with Crippen molar-refractivity contribution in [2.24, 2.45) is 0 Å². The predicted molar refractivity (Wildman–Crippen MR) is 71.6 cm³/mol. The van der Waals surface area contributed by atoms with Crippen LogP contribution in [0.4, 0.5) is 0 Å². The van der Waals surface area contributed by atoms with Gasteiger partial charge in [0.1, 0.15) is 18.3 Å². The Bertz CT molecular complexity index is 559. The summed E-state index contributed by atoms with van der Waals surface area (Å²) in [6.07, 6.45) is -2.81. The molecule has 0 saturated carbocycles. The highest BCUT2D eigenvalue weighted by Gasteiger charge is 2.43. The Morgan fingerprint density at radius 3 is 2.72 bits per heavy atom. The third-order valence-electron chi connectivity index (χ3n) is 2.72. The Balaban J connectivity index is 2.42. The van der Waals surface area contributed by atoms with Gasteiger partial charge in [0, 0.05) is 6.20 Å². The lowest BCUT2D eigenvalue weighted by molar-refractivity contribution is -0.0542. The van der Waals surface area contributed by atoms with E-state index in [1.165, 1.54) is 10.8 Å². The summed E-state index contributed by atoms with van der Waals surface area (Å²) in [5.74, 6) is 0. The number of hydrogen-bond acceptors (Lipinski definition) is 6. The van der Waals surface area contributed by atoms with Gasteiger partial charge < -0.3 is 20.1 Å². The molecule has 2 rings (SSSR count). The summed E-state index contributed by atoms with van der Waals surface area (Å²) in [7, 11) is 0. The van der Waals surface area contributed by atoms with Crippen LogP contribution in [0.25, 0.3) is 0 Å². The maximum absolute atomic E-state index is 11.3. The standard InChI is InChI=1S/C9H11IN2O5S/c10-3-1-12(9(18)11-7(3)16)8-6(15)5(14)4(2-13)17-8/h1,4-6,8,13-15H,2H2,(H,11,16,18)/t4-,5-,6-,8-/m1/s1. The van der Waals surface area contributed by atoms with E-state index in [-0.39, 0.29) is 10.3 Å². The Labute approximate surface area is 120 Å². The molecule has 2 heterocycles. The van der Waals surface area contributed by atoms with E-state index in [9.17, 15) is 15.0 Å². The topological polar surface area (TPSA) is 108 Å². The normalized spacial score (nSPS) is 31.8. The third kappa shape index (κ3) is 2.38. The summed E-state index contributed by atoms with van der Waals surface area (Å²) in [6, 6.07) is 0. The van der Waals surface area contributed by atoms with Crippen LogP contribution in [0.15, 0.2) is 11.0 Å². The van der Waals surface area contributed by atoms with Gasteiger partial charge in [0.15, 0.2) is 11.0 Å². The number of rotatable bonds is 2. The molecular weight excluding hydrogens is 375 g/mol. The van der Waals surface area contributed by atoms with Crippen molar-refractivity contribution in [1.29, 1.82) is 0 Å². The van der Waals surface area contributed by atoms with Crippen LogP contribution in [-0.2, 0) is 4.74 Å². The minimum Gasteiger partial charge on any atom is -0.394 e. The molecular formula is C9H11IN2O5S. The molecule has 1 saturated heterocycles. The lowest BCUT2D eigenvalue weighted by atomic mass is 10.1. The van der Waals surface area contributed by atoms with E-state index in [0.717, 1.165) is 0 Å². The molecule has 7 nitrogen and oxygen atoms in total. The molecule has 4 atom stereocenters. The number of H-pyrrole nitrogens is 1. The summed E-state index contributed by atoms with van der Waals surface area (Å²) in [5, 5.41) is 28.5. The van der Waals surface area contributed by atoms with Crippen molar-refractivity contribution in [2.75, 3.05) is 6.61 Å². The number of aliphatic hydroxyl groups is 3. The predicted octanol–water partition coefficient (Wildman–Crippen LogP) is -0.878. The number of hydrogen-bond donors (Lipinski definition) is 4. The van der Waals surface area contributed by atoms with Gasteiger partial charge in [-0.25, -0.2) is 0 Å². The molecule has 0 spiro atoms. The maximum atomic E-state index is 11.3. The summed E-state index contributed by atoms with van der Waals surface area (Å²) in [4.78, 5) is 13.8. The molecule has 4 N–H and O–H groups in total. The zero-order valence-corrected chi connectivity index (χ0v) is 12.0. The first kappa shape index (κ1) is 14.1. The summed E-state index contributed by atoms with van der Waals surface area (Å²) < 4.78 is 7.12. The highest BCUT2D eigenvalue weighted by Crippen LogP contribution is 2.29. The molecule has 1 fully saturated rings. The number of aromatic nitrogens is 2. The van der Waals surface area contributed by atoms with Gasteiger partial charge in [-0.3, -0.25) is 14.3 Å². The fraction of sp³-hybridized carbons (Fsp3) is 0.556. The molecule has 100 valence electrons. The van der Waals surface area contributed by atoms with Crippen LogP contribution in [-0.4, -0.2) is 49.8 Å². The van der Waals surface area contributed by atoms with Crippen LogP contribution >= 0.6 is 34.8 Å². The minimum atomic E-state index is -1.23. The molecule has 0 unspecified atom stereocenters. The zero-order chi connectivity index (χ0) is 13.4. The van der Waals surface area contributed by atoms with Crippen molar-refractivity contribution in [2.45, 2.75) is 24.5 Å². The molecule has 1 aliphatic rings. The van der Waals surface area contributed by atoms with Crippen LogP contribution in [0.1, 0.15) is 6.23 Å². The van der Waals surface area contributed by atoms with Gasteiger partial charge in [-0.15, -0.1) is 0 Å². The molecule has 0 bridgehead atoms. The lowest BCUT2D eigenvalue weighted by Gasteiger charge is -2.18. The molecule has 0 amide bonds. The van der Waals surface area contributed by atoms with E-state index in [2.05, 4.69) is 4.98 Å².